The van der Waals surface area contributed by atoms with Crippen LogP contribution >= 0.6 is 11.6 Å². The number of hydrogen-bond acceptors (Lipinski definition) is 3. The monoisotopic (exact) mass is 268 g/mol. The first-order valence-electron chi connectivity index (χ1n) is 5.09. The molecule has 0 saturated carbocycles. The highest BCUT2D eigenvalue weighted by molar-refractivity contribution is 6.69. The van der Waals surface area contributed by atoms with E-state index in [0.29, 0.717) is 6.61 Å². The number of carbonyl (C=O) groups is 1. The van der Waals surface area contributed by atoms with Gasteiger partial charge in [-0.15, -0.1) is 0 Å². The van der Waals surface area contributed by atoms with E-state index in [2.05, 4.69) is 20.8 Å². The van der Waals surface area contributed by atoms with Crippen LogP contribution in [0.2, 0.25) is 18.1 Å². The van der Waals surface area contributed by atoms with E-state index in [4.69, 9.17) is 20.1 Å². The van der Waals surface area contributed by atoms with Crippen LogP contribution in [0.5, 0.6) is 0 Å². The van der Waals surface area contributed by atoms with Crippen molar-refractivity contribution in [2.45, 2.75) is 45.3 Å². The van der Waals surface area contributed by atoms with Crippen LogP contribution in [0.1, 0.15) is 27.2 Å². The van der Waals surface area contributed by atoms with Gasteiger partial charge in [-0.1, -0.05) is 20.8 Å². The van der Waals surface area contributed by atoms with Crippen LogP contribution in [-0.4, -0.2) is 30.2 Å². The summed E-state index contributed by atoms with van der Waals surface area (Å²) in [6.07, 6.45) is 0.262. The van der Waals surface area contributed by atoms with Gasteiger partial charge in [0.05, 0.1) is 0 Å². The molecule has 6 heteroatoms. The summed E-state index contributed by atoms with van der Waals surface area (Å²) in [5, 5.41) is -0.0801. The lowest BCUT2D eigenvalue weighted by atomic mass is 10.3. The number of carbonyl (C=O) groups excluding carboxylic acids is 1. The summed E-state index contributed by atoms with van der Waals surface area (Å²) >= 11 is 5.22. The molecule has 0 spiro atoms. The maximum Gasteiger partial charge on any atom is 0.321 e. The molecular weight excluding hydrogens is 248 g/mol. The van der Waals surface area contributed by atoms with Crippen LogP contribution in [-0.2, 0) is 13.3 Å². The van der Waals surface area contributed by atoms with E-state index in [0.717, 1.165) is 0 Å². The van der Waals surface area contributed by atoms with Gasteiger partial charge in [0.2, 0.25) is 5.24 Å². The highest BCUT2D eigenvalue weighted by atomic mass is 35.5. The minimum Gasteiger partial charge on any atom is -0.441 e. The second-order valence-corrected chi connectivity index (χ2v) is 12.3. The van der Waals surface area contributed by atoms with Gasteiger partial charge in [-0.05, 0) is 29.7 Å². The predicted molar refractivity (Wildman–Crippen MR) is 68.3 cm³/mol. The summed E-state index contributed by atoms with van der Waals surface area (Å²) in [5.74, 6) is 0. The summed E-state index contributed by atoms with van der Waals surface area (Å²) in [7, 11) is -2.61. The number of hydrogen-bond donors (Lipinski definition) is 0. The topological polar surface area (TPSA) is 35.5 Å². The second kappa shape index (κ2) is 6.15. The molecule has 0 radical (unpaired) electrons. The minimum atomic E-state index is -2.03. The lowest BCUT2D eigenvalue weighted by molar-refractivity contribution is -0.112. The molecule has 3 nitrogen and oxygen atoms in total. The molecule has 0 unspecified atom stereocenters. The second-order valence-electron chi connectivity index (χ2n) is 5.20. The van der Waals surface area contributed by atoms with Crippen molar-refractivity contribution in [3.63, 3.8) is 0 Å². The van der Waals surface area contributed by atoms with Crippen molar-refractivity contribution in [2.24, 2.45) is 0 Å². The SMILES string of the molecule is CC(C)(C)[SiH2]O[Si](C)(C)OCCC(=O)Cl. The maximum absolute atomic E-state index is 10.5. The van der Waals surface area contributed by atoms with Crippen molar-refractivity contribution in [1.29, 1.82) is 0 Å². The van der Waals surface area contributed by atoms with Crippen molar-refractivity contribution in [3.05, 3.63) is 0 Å². The minimum absolute atomic E-state index is 0.262. The first-order chi connectivity index (χ1) is 6.62. The van der Waals surface area contributed by atoms with Crippen molar-refractivity contribution in [1.82, 2.24) is 0 Å². The highest BCUT2D eigenvalue weighted by Crippen LogP contribution is 2.22. The quantitative estimate of drug-likeness (QED) is 0.547. The predicted octanol–water partition coefficient (Wildman–Crippen LogP) is 2.18. The molecule has 0 heterocycles. The zero-order valence-corrected chi connectivity index (χ0v) is 13.4. The number of halogens is 1. The van der Waals surface area contributed by atoms with E-state index >= 15 is 0 Å². The Bertz CT molecular complexity index is 214. The average Bonchev–Trinajstić information content (AvgIpc) is 1.99. The molecule has 0 amide bonds. The molecule has 0 aromatic carbocycles. The van der Waals surface area contributed by atoms with Gasteiger partial charge in [0.1, 0.15) is 0 Å². The van der Waals surface area contributed by atoms with Gasteiger partial charge in [0, 0.05) is 13.0 Å². The highest BCUT2D eigenvalue weighted by Gasteiger charge is 2.26. The molecule has 0 atom stereocenters. The Balaban J connectivity index is 3.81. The third kappa shape index (κ3) is 10.6. The molecule has 0 bridgehead atoms. The molecule has 0 rings (SSSR count). The molecule has 90 valence electrons. The zero-order chi connectivity index (χ0) is 12.1. The molecule has 15 heavy (non-hydrogen) atoms. The molecule has 0 aromatic heterocycles. The number of rotatable bonds is 6. The third-order valence-electron chi connectivity index (χ3n) is 1.60. The average molecular weight is 269 g/mol. The Morgan fingerprint density at radius 2 is 1.93 bits per heavy atom. The first-order valence-corrected chi connectivity index (χ1v) is 9.56. The Kier molecular flexibility index (Phi) is 6.28. The van der Waals surface area contributed by atoms with Gasteiger partial charge in [-0.25, -0.2) is 0 Å². The first kappa shape index (κ1) is 15.3. The summed E-state index contributed by atoms with van der Waals surface area (Å²) in [4.78, 5) is 10.5. The Morgan fingerprint density at radius 3 is 2.33 bits per heavy atom. The summed E-state index contributed by atoms with van der Waals surface area (Å²) in [6, 6.07) is 0. The molecule has 0 fully saturated rings. The van der Waals surface area contributed by atoms with E-state index in [1.54, 1.807) is 0 Å². The molecule has 0 aliphatic heterocycles. The summed E-state index contributed by atoms with van der Waals surface area (Å²) in [5.41, 5.74) is 0. The van der Waals surface area contributed by atoms with Crippen molar-refractivity contribution in [2.75, 3.05) is 6.61 Å². The smallest absolute Gasteiger partial charge is 0.321 e. The summed E-state index contributed by atoms with van der Waals surface area (Å²) < 4.78 is 11.5. The van der Waals surface area contributed by atoms with Crippen LogP contribution in [0.3, 0.4) is 0 Å². The molecule has 0 aliphatic rings. The lowest BCUT2D eigenvalue weighted by Crippen LogP contribution is -2.38. The van der Waals surface area contributed by atoms with Gasteiger partial charge in [0.15, 0.2) is 9.76 Å². The van der Waals surface area contributed by atoms with Gasteiger partial charge in [-0.3, -0.25) is 4.79 Å². The van der Waals surface area contributed by atoms with Crippen LogP contribution < -0.4 is 0 Å². The fourth-order valence-corrected chi connectivity index (χ4v) is 4.94. The normalized spacial score (nSPS) is 13.7. The van der Waals surface area contributed by atoms with Crippen molar-refractivity contribution < 1.29 is 13.3 Å². The zero-order valence-electron chi connectivity index (χ0n) is 10.2. The molecular formula is C9H21ClO3Si2. The summed E-state index contributed by atoms with van der Waals surface area (Å²) in [6.45, 7) is 10.9. The fourth-order valence-electron chi connectivity index (χ4n) is 0.809. The Labute approximate surface area is 101 Å². The van der Waals surface area contributed by atoms with Gasteiger partial charge < -0.3 is 8.54 Å². The van der Waals surface area contributed by atoms with E-state index < -0.39 is 18.3 Å². The maximum atomic E-state index is 10.5. The molecule has 0 saturated heterocycles. The van der Waals surface area contributed by atoms with E-state index in [1.165, 1.54) is 0 Å². The lowest BCUT2D eigenvalue weighted by Gasteiger charge is -2.27. The Morgan fingerprint density at radius 1 is 1.40 bits per heavy atom. The molecule has 0 N–H and O–H groups in total. The van der Waals surface area contributed by atoms with Gasteiger partial charge >= 0.3 is 8.56 Å². The fraction of sp³-hybridized carbons (Fsp3) is 0.889. The van der Waals surface area contributed by atoms with Crippen LogP contribution in [0.4, 0.5) is 0 Å². The van der Waals surface area contributed by atoms with Crippen molar-refractivity contribution >= 4 is 35.2 Å². The van der Waals surface area contributed by atoms with E-state index in [1.807, 2.05) is 13.1 Å². The molecule has 0 aromatic rings. The van der Waals surface area contributed by atoms with Crippen molar-refractivity contribution in [3.8, 4) is 0 Å². The Hall–Kier alpha value is 0.314. The third-order valence-corrected chi connectivity index (χ3v) is 6.91. The van der Waals surface area contributed by atoms with Crippen LogP contribution in [0.15, 0.2) is 0 Å². The van der Waals surface area contributed by atoms with E-state index in [-0.39, 0.29) is 16.7 Å². The van der Waals surface area contributed by atoms with Crippen LogP contribution in [0.25, 0.3) is 0 Å². The van der Waals surface area contributed by atoms with Gasteiger partial charge in [0.25, 0.3) is 0 Å². The molecule has 0 aliphatic carbocycles. The van der Waals surface area contributed by atoms with E-state index in [9.17, 15) is 4.79 Å². The van der Waals surface area contributed by atoms with Crippen LogP contribution in [0, 0.1) is 0 Å². The standard InChI is InChI=1S/C9H21ClO3Si2/c1-9(2,3)14-13-15(4,5)12-7-6-8(10)11/h6-7,14H2,1-5H3. The largest absolute Gasteiger partial charge is 0.441 e. The van der Waals surface area contributed by atoms with Gasteiger partial charge in [-0.2, -0.15) is 0 Å².